The molecule has 86 valence electrons. The number of piperidine rings is 1. The monoisotopic (exact) mass is 209 g/mol. The summed E-state index contributed by atoms with van der Waals surface area (Å²) in [6.45, 7) is 9.23. The zero-order chi connectivity index (χ0) is 10.4. The molecule has 2 saturated heterocycles. The van der Waals surface area contributed by atoms with Crippen LogP contribution in [0, 0.1) is 17.8 Å². The molecule has 3 heteroatoms. The van der Waals surface area contributed by atoms with Crippen molar-refractivity contribution in [1.82, 2.24) is 14.7 Å². The van der Waals surface area contributed by atoms with Crippen molar-refractivity contribution >= 4 is 0 Å². The van der Waals surface area contributed by atoms with E-state index in [0.29, 0.717) is 0 Å². The van der Waals surface area contributed by atoms with Crippen LogP contribution in [0.2, 0.25) is 0 Å². The van der Waals surface area contributed by atoms with Gasteiger partial charge in [-0.15, -0.1) is 0 Å². The van der Waals surface area contributed by atoms with Crippen LogP contribution in [0.15, 0.2) is 0 Å². The van der Waals surface area contributed by atoms with Crippen molar-refractivity contribution in [2.75, 3.05) is 59.9 Å². The van der Waals surface area contributed by atoms with E-state index in [1.165, 1.54) is 45.8 Å². The highest BCUT2D eigenvalue weighted by Gasteiger charge is 2.54. The summed E-state index contributed by atoms with van der Waals surface area (Å²) >= 11 is 0. The van der Waals surface area contributed by atoms with Crippen LogP contribution in [0.4, 0.5) is 0 Å². The quantitative estimate of drug-likeness (QED) is 0.636. The van der Waals surface area contributed by atoms with Gasteiger partial charge in [0.2, 0.25) is 0 Å². The maximum atomic E-state index is 2.68. The zero-order valence-electron chi connectivity index (χ0n) is 10.0. The van der Waals surface area contributed by atoms with Crippen LogP contribution >= 0.6 is 0 Å². The minimum atomic E-state index is 1.05. The van der Waals surface area contributed by atoms with Gasteiger partial charge in [-0.25, -0.2) is 0 Å². The first-order valence-electron chi connectivity index (χ1n) is 6.33. The molecule has 3 nitrogen and oxygen atoms in total. The maximum absolute atomic E-state index is 2.68. The molecule has 1 saturated carbocycles. The summed E-state index contributed by atoms with van der Waals surface area (Å²) in [5.41, 5.74) is 0. The van der Waals surface area contributed by atoms with E-state index in [1.54, 1.807) is 0 Å². The Bertz CT molecular complexity index is 223. The average molecular weight is 209 g/mol. The number of rotatable bonds is 2. The summed E-state index contributed by atoms with van der Waals surface area (Å²) in [5.74, 6) is 3.15. The Morgan fingerprint density at radius 3 is 2.07 bits per heavy atom. The highest BCUT2D eigenvalue weighted by atomic mass is 15.3. The molecular formula is C12H23N3. The highest BCUT2D eigenvalue weighted by molar-refractivity contribution is 5.05. The van der Waals surface area contributed by atoms with E-state index in [9.17, 15) is 0 Å². The molecule has 0 unspecified atom stereocenters. The smallest absolute Gasteiger partial charge is 0.0110 e. The third-order valence-electron chi connectivity index (χ3n) is 4.62. The Kier molecular flexibility index (Phi) is 2.49. The number of hydrogen-bond acceptors (Lipinski definition) is 3. The molecule has 0 amide bonds. The fraction of sp³-hybridized carbons (Fsp3) is 1.00. The molecule has 15 heavy (non-hydrogen) atoms. The minimum Gasteiger partial charge on any atom is -0.306 e. The predicted octanol–water partition coefficient (Wildman–Crippen LogP) is 0.0414. The summed E-state index contributed by atoms with van der Waals surface area (Å²) in [6.07, 6.45) is 0. The summed E-state index contributed by atoms with van der Waals surface area (Å²) in [4.78, 5) is 7.62. The first-order valence-corrected chi connectivity index (χ1v) is 6.33. The van der Waals surface area contributed by atoms with Crippen LogP contribution in [0.25, 0.3) is 0 Å². The third-order valence-corrected chi connectivity index (χ3v) is 4.62. The molecular weight excluding hydrogens is 186 g/mol. The van der Waals surface area contributed by atoms with Gasteiger partial charge in [0.1, 0.15) is 0 Å². The largest absolute Gasteiger partial charge is 0.306 e. The average Bonchev–Trinajstić information content (AvgIpc) is 2.69. The minimum absolute atomic E-state index is 1.05. The van der Waals surface area contributed by atoms with Gasteiger partial charge in [0, 0.05) is 45.8 Å². The lowest BCUT2D eigenvalue weighted by Gasteiger charge is -2.33. The van der Waals surface area contributed by atoms with Gasteiger partial charge in [-0.3, -0.25) is 0 Å². The molecule has 2 aliphatic heterocycles. The lowest BCUT2D eigenvalue weighted by Crippen LogP contribution is -2.45. The lowest BCUT2D eigenvalue weighted by atomic mass is 10.2. The van der Waals surface area contributed by atoms with Gasteiger partial charge in [-0.2, -0.15) is 0 Å². The van der Waals surface area contributed by atoms with Crippen LogP contribution < -0.4 is 0 Å². The SMILES string of the molecule is CN1CCN(C[C@H]2[C@@H]3CN(C)C[C@@H]32)CC1. The van der Waals surface area contributed by atoms with E-state index in [1.807, 2.05) is 0 Å². The standard InChI is InChI=1S/C12H23N3/c1-13-3-5-15(6-4-13)9-12-10-7-14(2)8-11(10)12/h10-12H,3-9H2,1-2H3/t10-,11+,12+. The van der Waals surface area contributed by atoms with Crippen molar-refractivity contribution < 1.29 is 0 Å². The number of likely N-dealkylation sites (tertiary alicyclic amines) is 1. The summed E-state index contributed by atoms with van der Waals surface area (Å²) in [6, 6.07) is 0. The van der Waals surface area contributed by atoms with Crippen molar-refractivity contribution in [3.8, 4) is 0 Å². The van der Waals surface area contributed by atoms with Crippen LogP contribution in [0.5, 0.6) is 0 Å². The molecule has 3 atom stereocenters. The predicted molar refractivity (Wildman–Crippen MR) is 61.9 cm³/mol. The molecule has 0 spiro atoms. The van der Waals surface area contributed by atoms with Crippen molar-refractivity contribution in [1.29, 1.82) is 0 Å². The second-order valence-electron chi connectivity index (χ2n) is 5.82. The Labute approximate surface area is 93.0 Å². The van der Waals surface area contributed by atoms with Gasteiger partial charge in [-0.05, 0) is 31.8 Å². The van der Waals surface area contributed by atoms with Gasteiger partial charge < -0.3 is 14.7 Å². The molecule has 2 heterocycles. The first kappa shape index (κ1) is 10.1. The molecule has 1 aliphatic carbocycles. The Morgan fingerprint density at radius 2 is 1.47 bits per heavy atom. The van der Waals surface area contributed by atoms with Gasteiger partial charge in [0.05, 0.1) is 0 Å². The summed E-state index contributed by atoms with van der Waals surface area (Å²) < 4.78 is 0. The normalized spacial score (nSPS) is 43.2. The Hall–Kier alpha value is -0.120. The van der Waals surface area contributed by atoms with Crippen molar-refractivity contribution in [3.05, 3.63) is 0 Å². The van der Waals surface area contributed by atoms with E-state index in [-0.39, 0.29) is 0 Å². The van der Waals surface area contributed by atoms with Crippen molar-refractivity contribution in [2.45, 2.75) is 0 Å². The number of hydrogen-bond donors (Lipinski definition) is 0. The summed E-state index contributed by atoms with van der Waals surface area (Å²) in [7, 11) is 4.50. The van der Waals surface area contributed by atoms with Crippen LogP contribution in [0.1, 0.15) is 0 Å². The van der Waals surface area contributed by atoms with E-state index in [4.69, 9.17) is 0 Å². The number of likely N-dealkylation sites (N-methyl/N-ethyl adjacent to an activating group) is 1. The third kappa shape index (κ3) is 1.93. The highest BCUT2D eigenvalue weighted by Crippen LogP contribution is 2.51. The Balaban J connectivity index is 1.44. The number of nitrogens with zero attached hydrogens (tertiary/aromatic N) is 3. The van der Waals surface area contributed by atoms with Crippen LogP contribution in [-0.2, 0) is 0 Å². The molecule has 3 fully saturated rings. The molecule has 3 rings (SSSR count). The van der Waals surface area contributed by atoms with Crippen LogP contribution in [0.3, 0.4) is 0 Å². The van der Waals surface area contributed by atoms with E-state index < -0.39 is 0 Å². The molecule has 0 radical (unpaired) electrons. The molecule has 0 aromatic heterocycles. The second-order valence-corrected chi connectivity index (χ2v) is 5.82. The fourth-order valence-corrected chi connectivity index (χ4v) is 3.46. The van der Waals surface area contributed by atoms with Gasteiger partial charge >= 0.3 is 0 Å². The number of fused-ring (bicyclic) bond motifs is 1. The van der Waals surface area contributed by atoms with E-state index >= 15 is 0 Å². The van der Waals surface area contributed by atoms with E-state index in [2.05, 4.69) is 28.8 Å². The van der Waals surface area contributed by atoms with Gasteiger partial charge in [-0.1, -0.05) is 0 Å². The molecule has 0 aromatic rings. The lowest BCUT2D eigenvalue weighted by molar-refractivity contribution is 0.142. The topological polar surface area (TPSA) is 9.72 Å². The summed E-state index contributed by atoms with van der Waals surface area (Å²) in [5, 5.41) is 0. The first-order chi connectivity index (χ1) is 7.24. The molecule has 0 bridgehead atoms. The molecule has 3 aliphatic rings. The van der Waals surface area contributed by atoms with Gasteiger partial charge in [0.25, 0.3) is 0 Å². The maximum Gasteiger partial charge on any atom is 0.0110 e. The van der Waals surface area contributed by atoms with Crippen LogP contribution in [-0.4, -0.2) is 74.6 Å². The molecule has 0 aromatic carbocycles. The Morgan fingerprint density at radius 1 is 0.867 bits per heavy atom. The fourth-order valence-electron chi connectivity index (χ4n) is 3.46. The second kappa shape index (κ2) is 3.72. The van der Waals surface area contributed by atoms with E-state index in [0.717, 1.165) is 17.8 Å². The zero-order valence-corrected chi connectivity index (χ0v) is 10.0. The van der Waals surface area contributed by atoms with Crippen molar-refractivity contribution in [2.24, 2.45) is 17.8 Å². The van der Waals surface area contributed by atoms with Crippen molar-refractivity contribution in [3.63, 3.8) is 0 Å². The number of piperazine rings is 1. The van der Waals surface area contributed by atoms with Gasteiger partial charge in [0.15, 0.2) is 0 Å². The molecule has 0 N–H and O–H groups in total.